The van der Waals surface area contributed by atoms with E-state index in [-0.39, 0.29) is 23.9 Å². The summed E-state index contributed by atoms with van der Waals surface area (Å²) in [6, 6.07) is 10.1. The summed E-state index contributed by atoms with van der Waals surface area (Å²) in [7, 11) is -3.55. The van der Waals surface area contributed by atoms with E-state index in [2.05, 4.69) is 20.9 Å². The predicted molar refractivity (Wildman–Crippen MR) is 93.0 cm³/mol. The Kier molecular flexibility index (Phi) is 4.98. The fourth-order valence-corrected chi connectivity index (χ4v) is 4.60. The summed E-state index contributed by atoms with van der Waals surface area (Å²) >= 11 is 3.29. The van der Waals surface area contributed by atoms with Gasteiger partial charge in [-0.05, 0) is 30.3 Å². The Labute approximate surface area is 149 Å². The second-order valence-corrected chi connectivity index (χ2v) is 8.25. The van der Waals surface area contributed by atoms with Crippen LogP contribution in [0.4, 0.5) is 0 Å². The summed E-state index contributed by atoms with van der Waals surface area (Å²) < 4.78 is 27.5. The van der Waals surface area contributed by atoms with E-state index >= 15 is 0 Å². The molecule has 1 fully saturated rings. The lowest BCUT2D eigenvalue weighted by molar-refractivity contribution is 0.0697. The van der Waals surface area contributed by atoms with E-state index in [1.54, 1.807) is 47.5 Å². The van der Waals surface area contributed by atoms with Crippen LogP contribution >= 0.6 is 15.9 Å². The highest BCUT2D eigenvalue weighted by Crippen LogP contribution is 2.21. The van der Waals surface area contributed by atoms with Crippen molar-refractivity contribution in [2.75, 3.05) is 26.2 Å². The molecule has 0 atom stereocenters. The molecule has 0 spiro atoms. The molecule has 1 aromatic carbocycles. The van der Waals surface area contributed by atoms with Gasteiger partial charge >= 0.3 is 0 Å². The average molecular weight is 410 g/mol. The fourth-order valence-electron chi connectivity index (χ4n) is 2.58. The minimum Gasteiger partial charge on any atom is -0.336 e. The largest absolute Gasteiger partial charge is 0.336 e. The van der Waals surface area contributed by atoms with E-state index in [0.717, 1.165) is 0 Å². The van der Waals surface area contributed by atoms with Gasteiger partial charge in [0, 0.05) is 43.0 Å². The molecule has 0 bridgehead atoms. The molecule has 2 heterocycles. The summed E-state index contributed by atoms with van der Waals surface area (Å²) in [5.41, 5.74) is 0.515. The van der Waals surface area contributed by atoms with Gasteiger partial charge in [-0.2, -0.15) is 4.31 Å². The lowest BCUT2D eigenvalue weighted by atomic mass is 10.2. The lowest BCUT2D eigenvalue weighted by Crippen LogP contribution is -2.50. The number of aromatic nitrogens is 1. The van der Waals surface area contributed by atoms with Gasteiger partial charge in [0.1, 0.15) is 0 Å². The van der Waals surface area contributed by atoms with Crippen molar-refractivity contribution in [3.05, 3.63) is 58.8 Å². The molecule has 6 nitrogen and oxygen atoms in total. The molecule has 1 aromatic heterocycles. The molecule has 8 heteroatoms. The Bertz CT molecular complexity index is 835. The average Bonchev–Trinajstić information content (AvgIpc) is 2.62. The zero-order valence-electron chi connectivity index (χ0n) is 12.8. The van der Waals surface area contributed by atoms with Crippen molar-refractivity contribution in [2.45, 2.75) is 4.90 Å². The monoisotopic (exact) mass is 409 g/mol. The van der Waals surface area contributed by atoms with Crippen LogP contribution in [0.1, 0.15) is 10.4 Å². The fraction of sp³-hybridized carbons (Fsp3) is 0.250. The quantitative estimate of drug-likeness (QED) is 0.776. The van der Waals surface area contributed by atoms with Crippen molar-refractivity contribution in [2.24, 2.45) is 0 Å². The van der Waals surface area contributed by atoms with Gasteiger partial charge in [-0.1, -0.05) is 22.0 Å². The highest BCUT2D eigenvalue weighted by Gasteiger charge is 2.30. The van der Waals surface area contributed by atoms with Crippen LogP contribution in [0, 0.1) is 0 Å². The number of amides is 1. The number of piperazine rings is 1. The van der Waals surface area contributed by atoms with E-state index in [1.807, 2.05) is 0 Å². The van der Waals surface area contributed by atoms with Crippen LogP contribution < -0.4 is 0 Å². The number of benzene rings is 1. The molecule has 1 saturated heterocycles. The van der Waals surface area contributed by atoms with E-state index in [0.29, 0.717) is 23.1 Å². The third-order valence-corrected chi connectivity index (χ3v) is 6.26. The van der Waals surface area contributed by atoms with Gasteiger partial charge in [0.2, 0.25) is 10.0 Å². The van der Waals surface area contributed by atoms with Crippen LogP contribution in [-0.2, 0) is 10.0 Å². The molecule has 1 aliphatic heterocycles. The standard InChI is InChI=1S/C16H16BrN3O3S/c17-14-4-1-5-15(11-14)24(22,23)20-9-7-19(8-10-20)16(21)13-3-2-6-18-12-13/h1-6,11-12H,7-10H2. The van der Waals surface area contributed by atoms with Crippen LogP contribution in [0.3, 0.4) is 0 Å². The molecule has 126 valence electrons. The summed E-state index contributed by atoms with van der Waals surface area (Å²) in [6.07, 6.45) is 3.13. The number of sulfonamides is 1. The number of carbonyl (C=O) groups is 1. The van der Waals surface area contributed by atoms with E-state index in [9.17, 15) is 13.2 Å². The molecule has 3 rings (SSSR count). The van der Waals surface area contributed by atoms with Gasteiger partial charge in [-0.15, -0.1) is 0 Å². The lowest BCUT2D eigenvalue weighted by Gasteiger charge is -2.34. The first kappa shape index (κ1) is 17.1. The van der Waals surface area contributed by atoms with Gasteiger partial charge < -0.3 is 4.90 Å². The van der Waals surface area contributed by atoms with Crippen molar-refractivity contribution in [3.8, 4) is 0 Å². The highest BCUT2D eigenvalue weighted by molar-refractivity contribution is 9.10. The van der Waals surface area contributed by atoms with Crippen molar-refractivity contribution >= 4 is 31.9 Å². The van der Waals surface area contributed by atoms with Crippen LogP contribution in [-0.4, -0.2) is 54.7 Å². The second-order valence-electron chi connectivity index (χ2n) is 5.40. The number of hydrogen-bond donors (Lipinski definition) is 0. The summed E-state index contributed by atoms with van der Waals surface area (Å²) in [4.78, 5) is 18.2. The molecule has 0 aliphatic carbocycles. The minimum atomic E-state index is -3.55. The molecular weight excluding hydrogens is 394 g/mol. The Morgan fingerprint density at radius 1 is 1.08 bits per heavy atom. The van der Waals surface area contributed by atoms with Gasteiger partial charge in [0.15, 0.2) is 0 Å². The maximum atomic E-state index is 12.7. The first-order valence-corrected chi connectivity index (χ1v) is 9.67. The number of pyridine rings is 1. The smallest absolute Gasteiger partial charge is 0.255 e. The Hall–Kier alpha value is -1.77. The number of halogens is 1. The summed E-state index contributed by atoms with van der Waals surface area (Å²) in [5, 5.41) is 0. The molecule has 1 aliphatic rings. The van der Waals surface area contributed by atoms with Crippen molar-refractivity contribution in [1.29, 1.82) is 0 Å². The zero-order chi connectivity index (χ0) is 17.2. The van der Waals surface area contributed by atoms with E-state index in [4.69, 9.17) is 0 Å². The van der Waals surface area contributed by atoms with Crippen molar-refractivity contribution in [3.63, 3.8) is 0 Å². The van der Waals surface area contributed by atoms with Gasteiger partial charge in [0.05, 0.1) is 10.5 Å². The third kappa shape index (κ3) is 3.50. The van der Waals surface area contributed by atoms with Crippen LogP contribution in [0.25, 0.3) is 0 Å². The van der Waals surface area contributed by atoms with E-state index < -0.39 is 10.0 Å². The maximum Gasteiger partial charge on any atom is 0.255 e. The third-order valence-electron chi connectivity index (χ3n) is 3.87. The molecule has 0 unspecified atom stereocenters. The number of rotatable bonds is 3. The summed E-state index contributed by atoms with van der Waals surface area (Å²) in [5.74, 6) is -0.123. The van der Waals surface area contributed by atoms with Gasteiger partial charge in [-0.3, -0.25) is 9.78 Å². The van der Waals surface area contributed by atoms with Crippen LogP contribution in [0.5, 0.6) is 0 Å². The van der Waals surface area contributed by atoms with Crippen molar-refractivity contribution < 1.29 is 13.2 Å². The molecule has 24 heavy (non-hydrogen) atoms. The Morgan fingerprint density at radius 3 is 2.46 bits per heavy atom. The molecule has 0 radical (unpaired) electrons. The minimum absolute atomic E-state index is 0.123. The Morgan fingerprint density at radius 2 is 1.83 bits per heavy atom. The number of nitrogens with zero attached hydrogens (tertiary/aromatic N) is 3. The molecular formula is C16H16BrN3O3S. The predicted octanol–water partition coefficient (Wildman–Crippen LogP) is 1.99. The van der Waals surface area contributed by atoms with Crippen molar-refractivity contribution in [1.82, 2.24) is 14.2 Å². The number of hydrogen-bond acceptors (Lipinski definition) is 4. The van der Waals surface area contributed by atoms with E-state index in [1.165, 1.54) is 10.5 Å². The molecule has 0 saturated carbocycles. The second kappa shape index (κ2) is 7.00. The first-order valence-electron chi connectivity index (χ1n) is 7.43. The summed E-state index contributed by atoms with van der Waals surface area (Å²) in [6.45, 7) is 1.28. The maximum absolute atomic E-state index is 12.7. The highest BCUT2D eigenvalue weighted by atomic mass is 79.9. The van der Waals surface area contributed by atoms with Crippen LogP contribution in [0.2, 0.25) is 0 Å². The topological polar surface area (TPSA) is 70.6 Å². The first-order chi connectivity index (χ1) is 11.5. The molecule has 0 N–H and O–H groups in total. The zero-order valence-corrected chi connectivity index (χ0v) is 15.2. The SMILES string of the molecule is O=C(c1cccnc1)N1CCN(S(=O)(=O)c2cccc(Br)c2)CC1. The normalized spacial score (nSPS) is 16.1. The Balaban J connectivity index is 1.70. The molecule has 1 amide bonds. The number of carbonyl (C=O) groups excluding carboxylic acids is 1. The molecule has 2 aromatic rings. The van der Waals surface area contributed by atoms with Gasteiger partial charge in [0.25, 0.3) is 5.91 Å². The van der Waals surface area contributed by atoms with Crippen LogP contribution in [0.15, 0.2) is 58.2 Å². The van der Waals surface area contributed by atoms with Gasteiger partial charge in [-0.25, -0.2) is 8.42 Å².